The highest BCUT2D eigenvalue weighted by molar-refractivity contribution is 6.27. The molecule has 1 heterocycles. The molecular weight excluding hydrogens is 364 g/mol. The van der Waals surface area contributed by atoms with Crippen molar-refractivity contribution in [2.24, 2.45) is 0 Å². The molecule has 0 fully saturated rings. The Hall–Kier alpha value is -3.20. The highest BCUT2D eigenvalue weighted by Crippen LogP contribution is 2.26. The van der Waals surface area contributed by atoms with Crippen LogP contribution in [0.4, 0.5) is 11.5 Å². The van der Waals surface area contributed by atoms with Crippen LogP contribution in [0.1, 0.15) is 20.8 Å². The third-order valence-electron chi connectivity index (χ3n) is 3.40. The van der Waals surface area contributed by atoms with Gasteiger partial charge in [0.1, 0.15) is 5.82 Å². The van der Waals surface area contributed by atoms with Crippen molar-refractivity contribution in [2.75, 3.05) is 30.9 Å². The summed E-state index contributed by atoms with van der Waals surface area (Å²) >= 11 is 0. The van der Waals surface area contributed by atoms with E-state index in [1.807, 2.05) is 70.1 Å². The molecule has 2 rings (SSSR count). The van der Waals surface area contributed by atoms with Gasteiger partial charge in [-0.2, -0.15) is 0 Å². The second-order valence-electron chi connectivity index (χ2n) is 7.20. The largest absolute Gasteiger partial charge is 0.473 e. The van der Waals surface area contributed by atoms with Crippen molar-refractivity contribution < 1.29 is 24.6 Å². The van der Waals surface area contributed by atoms with E-state index >= 15 is 0 Å². The minimum Gasteiger partial charge on any atom is -0.473 e. The Labute approximate surface area is 163 Å². The number of aliphatic carboxylic acids is 2. The number of para-hydroxylation sites is 1. The molecule has 2 aromatic rings. The van der Waals surface area contributed by atoms with Crippen LogP contribution in [0.15, 0.2) is 30.3 Å². The fourth-order valence-corrected chi connectivity index (χ4v) is 2.03. The number of nitrogens with zero attached hydrogens (tertiary/aromatic N) is 2. The van der Waals surface area contributed by atoms with Gasteiger partial charge in [-0.3, -0.25) is 4.79 Å². The lowest BCUT2D eigenvalue weighted by atomic mass is 10.1. The standard InChI is InChI=1S/C17H24N4O.C2H2O4/c1-17(2,3)18-11-16(22)20-14-10-15(21(4)5)19-13-9-7-6-8-12(13)14;3-1(4)2(5)6/h6-10,18H,11H2,1-5H3,(H,19,20,22);(H,3,4)(H,5,6). The number of rotatable bonds is 4. The van der Waals surface area contributed by atoms with E-state index in [2.05, 4.69) is 15.6 Å². The monoisotopic (exact) mass is 390 g/mol. The van der Waals surface area contributed by atoms with Gasteiger partial charge in [-0.25, -0.2) is 14.6 Å². The molecule has 0 aliphatic rings. The first kappa shape index (κ1) is 22.8. The van der Waals surface area contributed by atoms with Crippen LogP contribution >= 0.6 is 0 Å². The number of hydrogen-bond acceptors (Lipinski definition) is 6. The van der Waals surface area contributed by atoms with Crippen LogP contribution in [0.3, 0.4) is 0 Å². The first-order chi connectivity index (χ1) is 12.9. The molecule has 1 aromatic carbocycles. The molecule has 152 valence electrons. The summed E-state index contributed by atoms with van der Waals surface area (Å²) in [5.41, 5.74) is 1.56. The van der Waals surface area contributed by atoms with Crippen LogP contribution < -0.4 is 15.5 Å². The van der Waals surface area contributed by atoms with Crippen molar-refractivity contribution in [3.8, 4) is 0 Å². The molecule has 0 atom stereocenters. The zero-order valence-corrected chi connectivity index (χ0v) is 16.6. The lowest BCUT2D eigenvalue weighted by molar-refractivity contribution is -0.159. The molecule has 0 saturated heterocycles. The average molecular weight is 390 g/mol. The lowest BCUT2D eigenvalue weighted by Crippen LogP contribution is -2.41. The number of pyridine rings is 1. The number of aromatic nitrogens is 1. The van der Waals surface area contributed by atoms with E-state index in [0.717, 1.165) is 22.4 Å². The molecule has 0 saturated carbocycles. The molecule has 0 radical (unpaired) electrons. The first-order valence-corrected chi connectivity index (χ1v) is 8.49. The minimum absolute atomic E-state index is 0.0593. The molecule has 1 aromatic heterocycles. The van der Waals surface area contributed by atoms with Crippen LogP contribution in [0.5, 0.6) is 0 Å². The summed E-state index contributed by atoms with van der Waals surface area (Å²) in [5, 5.41) is 21.9. The van der Waals surface area contributed by atoms with Gasteiger partial charge in [0.2, 0.25) is 5.91 Å². The number of carbonyl (C=O) groups excluding carboxylic acids is 1. The van der Waals surface area contributed by atoms with Gasteiger partial charge in [0, 0.05) is 31.1 Å². The molecular formula is C19H26N4O5. The number of nitrogens with one attached hydrogen (secondary N) is 2. The van der Waals surface area contributed by atoms with Crippen LogP contribution in [-0.4, -0.2) is 59.2 Å². The van der Waals surface area contributed by atoms with Crippen molar-refractivity contribution in [1.29, 1.82) is 0 Å². The second kappa shape index (κ2) is 9.65. The summed E-state index contributed by atoms with van der Waals surface area (Å²) < 4.78 is 0. The van der Waals surface area contributed by atoms with Crippen LogP contribution in [0, 0.1) is 0 Å². The Bertz CT molecular complexity index is 847. The number of anilines is 2. The highest BCUT2D eigenvalue weighted by Gasteiger charge is 2.13. The van der Waals surface area contributed by atoms with Gasteiger partial charge in [0.05, 0.1) is 17.7 Å². The van der Waals surface area contributed by atoms with Crippen LogP contribution in [0.2, 0.25) is 0 Å². The van der Waals surface area contributed by atoms with Gasteiger partial charge in [-0.1, -0.05) is 18.2 Å². The maximum Gasteiger partial charge on any atom is 0.414 e. The molecule has 0 unspecified atom stereocenters. The zero-order chi connectivity index (χ0) is 21.5. The van der Waals surface area contributed by atoms with E-state index in [9.17, 15) is 4.79 Å². The number of benzene rings is 1. The molecule has 9 nitrogen and oxygen atoms in total. The van der Waals surface area contributed by atoms with Gasteiger partial charge in [0.15, 0.2) is 0 Å². The molecule has 9 heteroatoms. The highest BCUT2D eigenvalue weighted by atomic mass is 16.4. The molecule has 28 heavy (non-hydrogen) atoms. The molecule has 0 aliphatic carbocycles. The number of hydrogen-bond donors (Lipinski definition) is 4. The number of fused-ring (bicyclic) bond motifs is 1. The normalized spacial score (nSPS) is 10.6. The summed E-state index contributed by atoms with van der Waals surface area (Å²) in [6.45, 7) is 6.38. The molecule has 1 amide bonds. The van der Waals surface area contributed by atoms with Crippen molar-refractivity contribution in [3.05, 3.63) is 30.3 Å². The topological polar surface area (TPSA) is 132 Å². The van der Waals surface area contributed by atoms with Gasteiger partial charge < -0.3 is 25.7 Å². The predicted octanol–water partition coefficient (Wildman–Crippen LogP) is 1.78. The number of carbonyl (C=O) groups is 3. The Kier molecular flexibility index (Phi) is 7.87. The Morgan fingerprint density at radius 1 is 1.07 bits per heavy atom. The SMILES string of the molecule is CN(C)c1cc(NC(=O)CNC(C)(C)C)c2ccccc2n1.O=C(O)C(=O)O. The Morgan fingerprint density at radius 3 is 2.14 bits per heavy atom. The number of carboxylic acids is 2. The summed E-state index contributed by atoms with van der Waals surface area (Å²) in [5.74, 6) is -2.89. The van der Waals surface area contributed by atoms with Crippen LogP contribution in [-0.2, 0) is 14.4 Å². The molecule has 0 spiro atoms. The quantitative estimate of drug-likeness (QED) is 0.581. The summed E-state index contributed by atoms with van der Waals surface area (Å²) in [6.07, 6.45) is 0. The third-order valence-corrected chi connectivity index (χ3v) is 3.40. The van der Waals surface area contributed by atoms with E-state index < -0.39 is 11.9 Å². The maximum atomic E-state index is 12.2. The van der Waals surface area contributed by atoms with Crippen LogP contribution in [0.25, 0.3) is 10.9 Å². The van der Waals surface area contributed by atoms with Crippen molar-refractivity contribution in [2.45, 2.75) is 26.3 Å². The molecule has 0 aliphatic heterocycles. The fraction of sp³-hybridized carbons (Fsp3) is 0.368. The molecule has 0 bridgehead atoms. The van der Waals surface area contributed by atoms with Crippen molar-refractivity contribution in [1.82, 2.24) is 10.3 Å². The summed E-state index contributed by atoms with van der Waals surface area (Å²) in [6, 6.07) is 9.71. The Morgan fingerprint density at radius 2 is 1.64 bits per heavy atom. The van der Waals surface area contributed by atoms with Gasteiger partial charge >= 0.3 is 11.9 Å². The fourth-order valence-electron chi connectivity index (χ4n) is 2.03. The average Bonchev–Trinajstić information content (AvgIpc) is 2.59. The molecule has 4 N–H and O–H groups in total. The summed E-state index contributed by atoms with van der Waals surface area (Å²) in [7, 11) is 3.87. The predicted molar refractivity (Wildman–Crippen MR) is 108 cm³/mol. The van der Waals surface area contributed by atoms with E-state index in [-0.39, 0.29) is 18.0 Å². The van der Waals surface area contributed by atoms with E-state index in [1.54, 1.807) is 0 Å². The van der Waals surface area contributed by atoms with E-state index in [0.29, 0.717) is 0 Å². The second-order valence-corrected chi connectivity index (χ2v) is 7.20. The van der Waals surface area contributed by atoms with Crippen molar-refractivity contribution in [3.63, 3.8) is 0 Å². The number of carboxylic acid groups (broad SMARTS) is 2. The van der Waals surface area contributed by atoms with E-state index in [4.69, 9.17) is 19.8 Å². The van der Waals surface area contributed by atoms with Gasteiger partial charge in [0.25, 0.3) is 0 Å². The maximum absolute atomic E-state index is 12.2. The number of amides is 1. The third kappa shape index (κ3) is 7.58. The first-order valence-electron chi connectivity index (χ1n) is 8.49. The zero-order valence-electron chi connectivity index (χ0n) is 16.6. The summed E-state index contributed by atoms with van der Waals surface area (Å²) in [4.78, 5) is 36.9. The lowest BCUT2D eigenvalue weighted by Gasteiger charge is -2.20. The Balaban J connectivity index is 0.000000568. The minimum atomic E-state index is -1.82. The smallest absolute Gasteiger partial charge is 0.414 e. The van der Waals surface area contributed by atoms with Gasteiger partial charge in [-0.15, -0.1) is 0 Å². The van der Waals surface area contributed by atoms with E-state index in [1.165, 1.54) is 0 Å². The van der Waals surface area contributed by atoms with Gasteiger partial charge in [-0.05, 0) is 26.8 Å². The van der Waals surface area contributed by atoms with Crippen molar-refractivity contribution >= 4 is 40.3 Å².